The third kappa shape index (κ3) is 4.16. The van der Waals surface area contributed by atoms with Crippen molar-refractivity contribution >= 4 is 63.4 Å². The number of carbonyl (C=O) groups excluding carboxylic acids is 2. The minimum Gasteiger partial charge on any atom is -0.466 e. The second-order valence-corrected chi connectivity index (χ2v) is 8.56. The van der Waals surface area contributed by atoms with Crippen molar-refractivity contribution in [1.29, 1.82) is 5.26 Å². The van der Waals surface area contributed by atoms with Gasteiger partial charge in [-0.3, -0.25) is 4.90 Å². The van der Waals surface area contributed by atoms with Crippen LogP contribution in [-0.2, 0) is 19.1 Å². The van der Waals surface area contributed by atoms with E-state index in [0.717, 1.165) is 0 Å². The fraction of sp³-hybridized carbons (Fsp3) is 0.136. The van der Waals surface area contributed by atoms with Crippen molar-refractivity contribution < 1.29 is 19.1 Å². The van der Waals surface area contributed by atoms with Crippen LogP contribution in [0.15, 0.2) is 65.1 Å². The number of halogens is 3. The lowest BCUT2D eigenvalue weighted by molar-refractivity contribution is -0.139. The van der Waals surface area contributed by atoms with Crippen molar-refractivity contribution in [2.24, 2.45) is 5.73 Å². The second-order valence-electron chi connectivity index (χ2n) is 6.55. The molecule has 0 fully saturated rings. The molecule has 1 unspecified atom stereocenters. The highest BCUT2D eigenvalue weighted by atomic mass is 127. The molecule has 0 saturated carbocycles. The summed E-state index contributed by atoms with van der Waals surface area (Å²) >= 11 is 14.5. The number of esters is 2. The Morgan fingerprint density at radius 1 is 1.12 bits per heavy atom. The molecule has 3 rings (SSSR count). The molecule has 0 aromatic heterocycles. The van der Waals surface area contributed by atoms with Crippen molar-refractivity contribution in [2.75, 3.05) is 19.1 Å². The molecule has 1 aliphatic heterocycles. The molecule has 32 heavy (non-hydrogen) atoms. The number of carbonyl (C=O) groups is 2. The molecule has 2 aromatic rings. The number of rotatable bonds is 4. The molecule has 1 atom stereocenters. The quantitative estimate of drug-likeness (QED) is 0.417. The number of hydrogen-bond donors (Lipinski definition) is 1. The third-order valence-electron chi connectivity index (χ3n) is 4.82. The Balaban J connectivity index is 2.48. The number of allylic oxidation sites excluding steroid dienone is 1. The topological polar surface area (TPSA) is 106 Å². The molecule has 0 amide bonds. The zero-order valence-electron chi connectivity index (χ0n) is 16.9. The SMILES string of the molecule is COC(=O)C1=C(C(=O)OC)N(c2c(Cl)cc(Cl)cc2I)C(N)=C(C#N)C1c1ccccc1. The first kappa shape index (κ1) is 23.9. The third-order valence-corrected chi connectivity index (χ3v) is 6.14. The maximum absolute atomic E-state index is 13.0. The highest BCUT2D eigenvalue weighted by Gasteiger charge is 2.43. The van der Waals surface area contributed by atoms with Gasteiger partial charge >= 0.3 is 11.9 Å². The van der Waals surface area contributed by atoms with Gasteiger partial charge in [-0.2, -0.15) is 5.26 Å². The van der Waals surface area contributed by atoms with E-state index in [-0.39, 0.29) is 33.4 Å². The van der Waals surface area contributed by atoms with Gasteiger partial charge in [0.2, 0.25) is 0 Å². The lowest BCUT2D eigenvalue weighted by Gasteiger charge is -2.36. The molecule has 0 saturated heterocycles. The van der Waals surface area contributed by atoms with Crippen LogP contribution in [0.2, 0.25) is 10.0 Å². The van der Waals surface area contributed by atoms with E-state index in [1.807, 2.05) is 22.6 Å². The average molecular weight is 584 g/mol. The zero-order chi connectivity index (χ0) is 23.6. The summed E-state index contributed by atoms with van der Waals surface area (Å²) in [5.74, 6) is -2.70. The van der Waals surface area contributed by atoms with Gasteiger partial charge in [-0.15, -0.1) is 0 Å². The van der Waals surface area contributed by atoms with E-state index >= 15 is 0 Å². The highest BCUT2D eigenvalue weighted by Crippen LogP contribution is 2.46. The summed E-state index contributed by atoms with van der Waals surface area (Å²) in [5.41, 5.74) is 7.04. The Bertz CT molecular complexity index is 1180. The lowest BCUT2D eigenvalue weighted by atomic mass is 9.81. The van der Waals surface area contributed by atoms with Crippen LogP contribution < -0.4 is 10.6 Å². The molecule has 164 valence electrons. The number of nitrogens with zero attached hydrogens (tertiary/aromatic N) is 2. The number of nitriles is 1. The van der Waals surface area contributed by atoms with E-state index < -0.39 is 17.9 Å². The van der Waals surface area contributed by atoms with Crippen molar-refractivity contribution in [3.05, 3.63) is 84.3 Å². The molecule has 2 aromatic carbocycles. The van der Waals surface area contributed by atoms with Crippen LogP contribution in [0.5, 0.6) is 0 Å². The van der Waals surface area contributed by atoms with Gasteiger partial charge in [0.05, 0.1) is 48.1 Å². The predicted molar refractivity (Wildman–Crippen MR) is 129 cm³/mol. The summed E-state index contributed by atoms with van der Waals surface area (Å²) in [7, 11) is 2.36. The largest absolute Gasteiger partial charge is 0.466 e. The smallest absolute Gasteiger partial charge is 0.355 e. The number of nitrogens with two attached hydrogens (primary N) is 1. The first-order chi connectivity index (χ1) is 15.3. The summed E-state index contributed by atoms with van der Waals surface area (Å²) in [4.78, 5) is 27.3. The Morgan fingerprint density at radius 3 is 2.28 bits per heavy atom. The first-order valence-electron chi connectivity index (χ1n) is 9.06. The molecule has 0 aliphatic carbocycles. The van der Waals surface area contributed by atoms with Crippen molar-refractivity contribution in [3.63, 3.8) is 0 Å². The van der Waals surface area contributed by atoms with Gasteiger partial charge in [-0.05, 0) is 40.3 Å². The van der Waals surface area contributed by atoms with E-state index in [2.05, 4.69) is 6.07 Å². The van der Waals surface area contributed by atoms with E-state index in [0.29, 0.717) is 14.2 Å². The molecule has 1 aliphatic rings. The summed E-state index contributed by atoms with van der Waals surface area (Å²) in [6.45, 7) is 0. The molecule has 0 bridgehead atoms. The van der Waals surface area contributed by atoms with Crippen LogP contribution >= 0.6 is 45.8 Å². The van der Waals surface area contributed by atoms with E-state index in [1.165, 1.54) is 25.2 Å². The fourth-order valence-corrected chi connectivity index (χ4v) is 5.28. The Kier molecular flexibility index (Phi) is 7.33. The number of methoxy groups -OCH3 is 2. The van der Waals surface area contributed by atoms with Crippen molar-refractivity contribution in [2.45, 2.75) is 5.92 Å². The highest BCUT2D eigenvalue weighted by molar-refractivity contribution is 14.1. The second kappa shape index (κ2) is 9.81. The molecular weight excluding hydrogens is 568 g/mol. The van der Waals surface area contributed by atoms with E-state index in [9.17, 15) is 14.9 Å². The van der Waals surface area contributed by atoms with Crippen LogP contribution in [0, 0.1) is 14.9 Å². The van der Waals surface area contributed by atoms with Crippen LogP contribution in [0.3, 0.4) is 0 Å². The minimum absolute atomic E-state index is 0.0473. The number of anilines is 1. The van der Waals surface area contributed by atoms with Gasteiger partial charge in [0, 0.05) is 8.59 Å². The van der Waals surface area contributed by atoms with Gasteiger partial charge in [0.1, 0.15) is 11.5 Å². The zero-order valence-corrected chi connectivity index (χ0v) is 20.5. The molecule has 7 nitrogen and oxygen atoms in total. The normalized spacial score (nSPS) is 16.0. The van der Waals surface area contributed by atoms with Gasteiger partial charge in [-0.25, -0.2) is 9.59 Å². The molecule has 1 heterocycles. The van der Waals surface area contributed by atoms with Crippen molar-refractivity contribution in [3.8, 4) is 6.07 Å². The Labute approximate surface area is 208 Å². The van der Waals surface area contributed by atoms with Gasteiger partial charge in [-0.1, -0.05) is 53.5 Å². The summed E-state index contributed by atoms with van der Waals surface area (Å²) in [5, 5.41) is 10.6. The monoisotopic (exact) mass is 583 g/mol. The standard InChI is InChI=1S/C22H16Cl2IN3O4/c1-31-21(29)17-16(11-6-4-3-5-7-11)13(10-26)20(27)28(19(17)22(30)32-2)18-14(24)8-12(23)9-15(18)25/h3-9,16H,27H2,1-2H3. The van der Waals surface area contributed by atoms with Crippen LogP contribution in [-0.4, -0.2) is 26.2 Å². The van der Waals surface area contributed by atoms with Crippen LogP contribution in [0.1, 0.15) is 11.5 Å². The Hall–Kier alpha value is -2.74. The maximum atomic E-state index is 13.0. The fourth-order valence-electron chi connectivity index (χ4n) is 3.49. The molecule has 0 radical (unpaired) electrons. The summed E-state index contributed by atoms with van der Waals surface area (Å²) in [6.07, 6.45) is 0. The summed E-state index contributed by atoms with van der Waals surface area (Å²) in [6, 6.07) is 13.9. The molecular formula is C22H16Cl2IN3O4. The number of benzene rings is 2. The number of ether oxygens (including phenoxy) is 2. The predicted octanol–water partition coefficient (Wildman–Crippen LogP) is 4.50. The summed E-state index contributed by atoms with van der Waals surface area (Å²) < 4.78 is 10.5. The molecule has 2 N–H and O–H groups in total. The lowest BCUT2D eigenvalue weighted by Crippen LogP contribution is -2.41. The van der Waals surface area contributed by atoms with Gasteiger partial charge < -0.3 is 15.2 Å². The Morgan fingerprint density at radius 2 is 1.75 bits per heavy atom. The minimum atomic E-state index is -0.956. The van der Waals surface area contributed by atoms with Crippen molar-refractivity contribution in [1.82, 2.24) is 0 Å². The molecule has 0 spiro atoms. The van der Waals surface area contributed by atoms with Gasteiger partial charge in [0.15, 0.2) is 0 Å². The first-order valence-corrected chi connectivity index (χ1v) is 10.9. The van der Waals surface area contributed by atoms with Crippen LogP contribution in [0.25, 0.3) is 0 Å². The average Bonchev–Trinajstić information content (AvgIpc) is 2.78. The van der Waals surface area contributed by atoms with E-state index in [4.69, 9.17) is 38.4 Å². The van der Waals surface area contributed by atoms with Crippen LogP contribution in [0.4, 0.5) is 5.69 Å². The molecule has 10 heteroatoms. The van der Waals surface area contributed by atoms with E-state index in [1.54, 1.807) is 36.4 Å². The maximum Gasteiger partial charge on any atom is 0.355 e. The van der Waals surface area contributed by atoms with Gasteiger partial charge in [0.25, 0.3) is 0 Å². The number of hydrogen-bond acceptors (Lipinski definition) is 7.